The number of anilines is 1. The van der Waals surface area contributed by atoms with E-state index in [1.54, 1.807) is 6.07 Å². The Labute approximate surface area is 157 Å². The van der Waals surface area contributed by atoms with Gasteiger partial charge >= 0.3 is 0 Å². The Balaban J connectivity index is 2.01. The zero-order valence-corrected chi connectivity index (χ0v) is 15.9. The molecule has 1 aliphatic rings. The van der Waals surface area contributed by atoms with Crippen LogP contribution in [0.15, 0.2) is 18.2 Å². The van der Waals surface area contributed by atoms with E-state index in [1.165, 1.54) is 0 Å². The van der Waals surface area contributed by atoms with Crippen LogP contribution in [0.1, 0.15) is 31.2 Å². The molecule has 0 amide bonds. The van der Waals surface area contributed by atoms with Crippen molar-refractivity contribution >= 4 is 29.0 Å². The van der Waals surface area contributed by atoms with Gasteiger partial charge in [-0.05, 0) is 32.8 Å². The number of hydrogen-bond donors (Lipinski definition) is 2. The van der Waals surface area contributed by atoms with Crippen LogP contribution in [0.2, 0.25) is 10.0 Å². The first-order chi connectivity index (χ1) is 11.8. The number of aromatic nitrogens is 2. The molecule has 0 radical (unpaired) electrons. The summed E-state index contributed by atoms with van der Waals surface area (Å²) in [6.07, 6.45) is 1.75. The third kappa shape index (κ3) is 3.75. The van der Waals surface area contributed by atoms with Gasteiger partial charge in [0.2, 0.25) is 0 Å². The van der Waals surface area contributed by atoms with Gasteiger partial charge in [-0.1, -0.05) is 35.3 Å². The molecule has 0 atom stereocenters. The van der Waals surface area contributed by atoms with Crippen LogP contribution in [0.25, 0.3) is 11.3 Å². The molecule has 5 nitrogen and oxygen atoms in total. The summed E-state index contributed by atoms with van der Waals surface area (Å²) < 4.78 is 0. The highest BCUT2D eigenvalue weighted by Crippen LogP contribution is 2.35. The summed E-state index contributed by atoms with van der Waals surface area (Å²) >= 11 is 12.4. The van der Waals surface area contributed by atoms with Crippen molar-refractivity contribution in [3.63, 3.8) is 0 Å². The number of benzene rings is 1. The van der Waals surface area contributed by atoms with E-state index in [0.29, 0.717) is 27.0 Å². The number of rotatable bonds is 3. The lowest BCUT2D eigenvalue weighted by molar-refractivity contribution is 0.275. The van der Waals surface area contributed by atoms with E-state index in [-0.39, 0.29) is 12.1 Å². The first-order valence-corrected chi connectivity index (χ1v) is 9.04. The number of nitrogens with two attached hydrogens (primary N) is 1. The minimum absolute atomic E-state index is 0.146. The van der Waals surface area contributed by atoms with Crippen LogP contribution < -0.4 is 10.6 Å². The van der Waals surface area contributed by atoms with Crippen molar-refractivity contribution in [2.75, 3.05) is 18.0 Å². The molecule has 3 rings (SSSR count). The fourth-order valence-corrected chi connectivity index (χ4v) is 3.46. The Morgan fingerprint density at radius 2 is 1.92 bits per heavy atom. The van der Waals surface area contributed by atoms with Gasteiger partial charge in [0.15, 0.2) is 5.82 Å². The summed E-state index contributed by atoms with van der Waals surface area (Å²) in [6.45, 7) is 5.36. The zero-order chi connectivity index (χ0) is 18.2. The average Bonchev–Trinajstić information content (AvgIpc) is 2.57. The van der Waals surface area contributed by atoms with E-state index < -0.39 is 0 Å². The second-order valence-corrected chi connectivity index (χ2v) is 7.61. The van der Waals surface area contributed by atoms with Crippen molar-refractivity contribution in [2.45, 2.75) is 38.8 Å². The Morgan fingerprint density at radius 3 is 2.56 bits per heavy atom. The van der Waals surface area contributed by atoms with E-state index in [1.807, 2.05) is 19.1 Å². The third-order valence-electron chi connectivity index (χ3n) is 4.68. The summed E-state index contributed by atoms with van der Waals surface area (Å²) in [5.41, 5.74) is 8.71. The highest BCUT2D eigenvalue weighted by Gasteiger charge is 2.28. The SMILES string of the molecule is Cc1nc(N2CCC(C)(N)CC2)c(CO)nc1-c1cccc(Cl)c1Cl. The Kier molecular flexibility index (Phi) is 5.21. The minimum Gasteiger partial charge on any atom is -0.390 e. The zero-order valence-electron chi connectivity index (χ0n) is 14.4. The summed E-state index contributed by atoms with van der Waals surface area (Å²) in [5, 5.41) is 10.7. The predicted octanol–water partition coefficient (Wildman–Crippen LogP) is 3.57. The summed E-state index contributed by atoms with van der Waals surface area (Å²) in [7, 11) is 0. The smallest absolute Gasteiger partial charge is 0.153 e. The van der Waals surface area contributed by atoms with Crippen molar-refractivity contribution in [2.24, 2.45) is 5.73 Å². The first kappa shape index (κ1) is 18.4. The van der Waals surface area contributed by atoms with E-state index in [0.717, 1.165) is 37.4 Å². The topological polar surface area (TPSA) is 75.3 Å². The van der Waals surface area contributed by atoms with Crippen LogP contribution in [0.4, 0.5) is 5.82 Å². The number of hydrogen-bond acceptors (Lipinski definition) is 5. The van der Waals surface area contributed by atoms with E-state index in [4.69, 9.17) is 33.9 Å². The van der Waals surface area contributed by atoms with Crippen LogP contribution in [-0.2, 0) is 6.61 Å². The third-order valence-corrected chi connectivity index (χ3v) is 5.50. The predicted molar refractivity (Wildman–Crippen MR) is 102 cm³/mol. The second kappa shape index (κ2) is 7.08. The van der Waals surface area contributed by atoms with Gasteiger partial charge < -0.3 is 15.7 Å². The van der Waals surface area contributed by atoms with Gasteiger partial charge in [0.1, 0.15) is 5.69 Å². The molecule has 0 bridgehead atoms. The van der Waals surface area contributed by atoms with Gasteiger partial charge in [-0.25, -0.2) is 9.97 Å². The van der Waals surface area contributed by atoms with Crippen LogP contribution in [0.3, 0.4) is 0 Å². The summed E-state index contributed by atoms with van der Waals surface area (Å²) in [5.74, 6) is 0.720. The molecule has 0 spiro atoms. The molecule has 25 heavy (non-hydrogen) atoms. The lowest BCUT2D eigenvalue weighted by Gasteiger charge is -2.38. The van der Waals surface area contributed by atoms with Gasteiger partial charge in [0, 0.05) is 24.2 Å². The molecule has 1 aliphatic heterocycles. The molecule has 0 saturated carbocycles. The Hall–Kier alpha value is -1.40. The molecule has 1 saturated heterocycles. The number of nitrogens with zero attached hydrogens (tertiary/aromatic N) is 3. The van der Waals surface area contributed by atoms with Gasteiger partial charge in [-0.2, -0.15) is 0 Å². The maximum absolute atomic E-state index is 9.82. The van der Waals surface area contributed by atoms with Crippen LogP contribution in [0.5, 0.6) is 0 Å². The molecule has 134 valence electrons. The van der Waals surface area contributed by atoms with E-state index in [2.05, 4.69) is 16.8 Å². The second-order valence-electron chi connectivity index (χ2n) is 6.83. The lowest BCUT2D eigenvalue weighted by atomic mass is 9.91. The first-order valence-electron chi connectivity index (χ1n) is 8.29. The molecular weight excluding hydrogens is 359 g/mol. The van der Waals surface area contributed by atoms with Crippen molar-refractivity contribution in [3.05, 3.63) is 39.6 Å². The summed E-state index contributed by atoms with van der Waals surface area (Å²) in [4.78, 5) is 11.5. The van der Waals surface area contributed by atoms with E-state index >= 15 is 0 Å². The van der Waals surface area contributed by atoms with Crippen LogP contribution >= 0.6 is 23.2 Å². The lowest BCUT2D eigenvalue weighted by Crippen LogP contribution is -2.48. The monoisotopic (exact) mass is 380 g/mol. The molecule has 2 heterocycles. The summed E-state index contributed by atoms with van der Waals surface area (Å²) in [6, 6.07) is 5.41. The van der Waals surface area contributed by atoms with E-state index in [9.17, 15) is 5.11 Å². The molecule has 0 aliphatic carbocycles. The van der Waals surface area contributed by atoms with Gasteiger partial charge in [-0.3, -0.25) is 0 Å². The number of aliphatic hydroxyl groups excluding tert-OH is 1. The van der Waals surface area contributed by atoms with Crippen molar-refractivity contribution in [1.82, 2.24) is 9.97 Å². The van der Waals surface area contributed by atoms with Gasteiger partial charge in [0.05, 0.1) is 28.0 Å². The Morgan fingerprint density at radius 1 is 1.24 bits per heavy atom. The minimum atomic E-state index is -0.190. The number of piperidine rings is 1. The van der Waals surface area contributed by atoms with Crippen LogP contribution in [0, 0.1) is 6.92 Å². The normalized spacial score (nSPS) is 17.0. The highest BCUT2D eigenvalue weighted by atomic mass is 35.5. The fourth-order valence-electron chi connectivity index (χ4n) is 3.07. The Bertz CT molecular complexity index is 785. The average molecular weight is 381 g/mol. The highest BCUT2D eigenvalue weighted by molar-refractivity contribution is 6.43. The van der Waals surface area contributed by atoms with Gasteiger partial charge in [-0.15, -0.1) is 0 Å². The van der Waals surface area contributed by atoms with Gasteiger partial charge in [0.25, 0.3) is 0 Å². The van der Waals surface area contributed by atoms with Crippen molar-refractivity contribution in [3.8, 4) is 11.3 Å². The molecule has 1 aromatic heterocycles. The molecule has 1 aromatic carbocycles. The molecule has 7 heteroatoms. The number of halogens is 2. The number of aliphatic hydroxyl groups is 1. The molecule has 3 N–H and O–H groups in total. The maximum atomic E-state index is 9.82. The number of aryl methyl sites for hydroxylation is 1. The standard InChI is InChI=1S/C18H22Cl2N4O/c1-11-16(12-4-3-5-13(19)15(12)20)23-14(10-25)17(22-11)24-8-6-18(2,21)7-9-24/h3-5,25H,6-10,21H2,1-2H3. The largest absolute Gasteiger partial charge is 0.390 e. The molecule has 0 unspecified atom stereocenters. The van der Waals surface area contributed by atoms with Crippen LogP contribution in [-0.4, -0.2) is 33.7 Å². The molecule has 1 fully saturated rings. The quantitative estimate of drug-likeness (QED) is 0.850. The van der Waals surface area contributed by atoms with Crippen molar-refractivity contribution < 1.29 is 5.11 Å². The fraction of sp³-hybridized carbons (Fsp3) is 0.444. The maximum Gasteiger partial charge on any atom is 0.153 e. The van der Waals surface area contributed by atoms with Crippen molar-refractivity contribution in [1.29, 1.82) is 0 Å². The molecular formula is C18H22Cl2N4O. The molecule has 2 aromatic rings.